The van der Waals surface area contributed by atoms with Crippen molar-refractivity contribution >= 4 is 11.7 Å². The van der Waals surface area contributed by atoms with E-state index in [1.165, 1.54) is 0 Å². The van der Waals surface area contributed by atoms with Crippen molar-refractivity contribution < 1.29 is 0 Å². The molecule has 0 fully saturated rings. The van der Waals surface area contributed by atoms with E-state index in [0.29, 0.717) is 12.1 Å². The average molecular weight is 169 g/mol. The van der Waals surface area contributed by atoms with Crippen molar-refractivity contribution in [3.63, 3.8) is 0 Å². The van der Waals surface area contributed by atoms with Crippen LogP contribution < -0.4 is 11.3 Å². The van der Waals surface area contributed by atoms with Crippen molar-refractivity contribution in [1.82, 2.24) is 8.75 Å². The molecule has 1 aromatic heterocycles. The van der Waals surface area contributed by atoms with E-state index in [1.54, 1.807) is 0 Å². The Labute approximate surface area is 67.8 Å². The highest BCUT2D eigenvalue weighted by atomic mass is 32.1. The third-order valence-electron chi connectivity index (χ3n) is 1.20. The first kappa shape index (κ1) is 7.98. The Bertz CT molecular complexity index is 321. The van der Waals surface area contributed by atoms with Gasteiger partial charge in [0.1, 0.15) is 5.69 Å². The van der Waals surface area contributed by atoms with Crippen LogP contribution in [0.4, 0.5) is 0 Å². The number of nitrogens with one attached hydrogen (secondary N) is 1. The molecule has 0 unspecified atom stereocenters. The zero-order chi connectivity index (χ0) is 8.27. The zero-order valence-electron chi connectivity index (χ0n) is 5.70. The maximum atomic E-state index is 10.9. The highest BCUT2D eigenvalue weighted by Gasteiger charge is 2.10. The maximum absolute atomic E-state index is 10.9. The molecular formula is C6H7N3OS. The van der Waals surface area contributed by atoms with Gasteiger partial charge < -0.3 is 5.73 Å². The molecule has 11 heavy (non-hydrogen) atoms. The quantitative estimate of drug-likeness (QED) is 0.605. The Balaban J connectivity index is 2.86. The van der Waals surface area contributed by atoms with Crippen molar-refractivity contribution in [2.24, 2.45) is 5.73 Å². The SMILES string of the molecule is C#CC[C@H](N)c1ns[nH]c1=O. The van der Waals surface area contributed by atoms with E-state index in [0.717, 1.165) is 11.7 Å². The first-order valence-electron chi connectivity index (χ1n) is 2.99. The van der Waals surface area contributed by atoms with Gasteiger partial charge in [-0.05, 0) is 0 Å². The molecule has 5 heteroatoms. The largest absolute Gasteiger partial charge is 0.322 e. The highest BCUT2D eigenvalue weighted by molar-refractivity contribution is 6.99. The van der Waals surface area contributed by atoms with Crippen molar-refractivity contribution in [2.45, 2.75) is 12.5 Å². The van der Waals surface area contributed by atoms with Crippen molar-refractivity contribution in [2.75, 3.05) is 0 Å². The van der Waals surface area contributed by atoms with Crippen LogP contribution in [0.3, 0.4) is 0 Å². The van der Waals surface area contributed by atoms with Crippen LogP contribution in [0.2, 0.25) is 0 Å². The summed E-state index contributed by atoms with van der Waals surface area (Å²) in [4.78, 5) is 10.9. The number of aromatic nitrogens is 2. The highest BCUT2D eigenvalue weighted by Crippen LogP contribution is 2.05. The van der Waals surface area contributed by atoms with Crippen LogP contribution >= 0.6 is 11.7 Å². The molecule has 1 rings (SSSR count). The smallest absolute Gasteiger partial charge is 0.282 e. The van der Waals surface area contributed by atoms with Crippen LogP contribution in [-0.2, 0) is 0 Å². The fourth-order valence-electron chi connectivity index (χ4n) is 0.667. The van der Waals surface area contributed by atoms with E-state index in [-0.39, 0.29) is 5.56 Å². The standard InChI is InChI=1S/C6H7N3OS/c1-2-3-4(7)5-6(10)9-11-8-5/h1,4H,3,7H2,(H,9,10)/t4-/m0/s1. The molecule has 0 spiro atoms. The summed E-state index contributed by atoms with van der Waals surface area (Å²) in [6.07, 6.45) is 5.36. The van der Waals surface area contributed by atoms with Gasteiger partial charge in [-0.1, -0.05) is 0 Å². The van der Waals surface area contributed by atoms with E-state index in [2.05, 4.69) is 14.7 Å². The summed E-state index contributed by atoms with van der Waals surface area (Å²) in [5.41, 5.74) is 5.62. The summed E-state index contributed by atoms with van der Waals surface area (Å²) in [6, 6.07) is -0.435. The van der Waals surface area contributed by atoms with Gasteiger partial charge in [-0.25, -0.2) is 0 Å². The second-order valence-electron chi connectivity index (χ2n) is 2.01. The van der Waals surface area contributed by atoms with E-state index in [4.69, 9.17) is 12.2 Å². The van der Waals surface area contributed by atoms with Gasteiger partial charge in [0, 0.05) is 18.1 Å². The molecule has 0 aromatic carbocycles. The lowest BCUT2D eigenvalue weighted by Gasteiger charge is -1.99. The third kappa shape index (κ3) is 1.67. The average Bonchev–Trinajstić information content (AvgIpc) is 2.36. The van der Waals surface area contributed by atoms with Crippen molar-refractivity contribution in [1.29, 1.82) is 0 Å². The van der Waals surface area contributed by atoms with E-state index in [1.807, 2.05) is 0 Å². The fourth-order valence-corrected chi connectivity index (χ4v) is 1.22. The number of terminal acetylenes is 1. The molecule has 3 N–H and O–H groups in total. The summed E-state index contributed by atoms with van der Waals surface area (Å²) in [5, 5.41) is 0. The summed E-state index contributed by atoms with van der Waals surface area (Å²) >= 11 is 0.984. The first-order valence-corrected chi connectivity index (χ1v) is 3.76. The van der Waals surface area contributed by atoms with Crippen LogP contribution in [0.25, 0.3) is 0 Å². The number of aromatic amines is 1. The first-order chi connectivity index (χ1) is 5.25. The summed E-state index contributed by atoms with van der Waals surface area (Å²) in [5.74, 6) is 2.37. The summed E-state index contributed by atoms with van der Waals surface area (Å²) in [7, 11) is 0. The third-order valence-corrected chi connectivity index (χ3v) is 1.77. The topological polar surface area (TPSA) is 71.8 Å². The number of nitrogens with two attached hydrogens (primary N) is 1. The van der Waals surface area contributed by atoms with Crippen LogP contribution in [-0.4, -0.2) is 8.75 Å². The van der Waals surface area contributed by atoms with E-state index >= 15 is 0 Å². The number of rotatable bonds is 2. The molecule has 0 bridgehead atoms. The predicted octanol–water partition coefficient (Wildman–Crippen LogP) is -0.145. The number of hydrogen-bond acceptors (Lipinski definition) is 4. The molecule has 0 radical (unpaired) electrons. The van der Waals surface area contributed by atoms with E-state index < -0.39 is 6.04 Å². The van der Waals surface area contributed by atoms with Crippen molar-refractivity contribution in [3.8, 4) is 12.3 Å². The molecule has 0 saturated carbocycles. The fraction of sp³-hybridized carbons (Fsp3) is 0.333. The molecule has 0 amide bonds. The Morgan fingerprint density at radius 1 is 1.91 bits per heavy atom. The Hall–Kier alpha value is -1.12. The number of H-pyrrole nitrogens is 1. The zero-order valence-corrected chi connectivity index (χ0v) is 6.52. The predicted molar refractivity (Wildman–Crippen MR) is 43.1 cm³/mol. The maximum Gasteiger partial charge on any atom is 0.282 e. The van der Waals surface area contributed by atoms with Gasteiger partial charge in [-0.2, -0.15) is 4.37 Å². The second kappa shape index (κ2) is 3.32. The lowest BCUT2D eigenvalue weighted by Crippen LogP contribution is -2.18. The minimum atomic E-state index is -0.435. The lowest BCUT2D eigenvalue weighted by atomic mass is 10.2. The molecular weight excluding hydrogens is 162 g/mol. The van der Waals surface area contributed by atoms with Crippen LogP contribution in [0.15, 0.2) is 4.79 Å². The van der Waals surface area contributed by atoms with Gasteiger partial charge in [0.15, 0.2) is 0 Å². The Morgan fingerprint density at radius 2 is 2.64 bits per heavy atom. The molecule has 4 nitrogen and oxygen atoms in total. The number of nitrogens with zero attached hydrogens (tertiary/aromatic N) is 1. The molecule has 0 aliphatic rings. The summed E-state index contributed by atoms with van der Waals surface area (Å²) < 4.78 is 6.22. The van der Waals surface area contributed by atoms with Crippen LogP contribution in [0.1, 0.15) is 18.2 Å². The van der Waals surface area contributed by atoms with Gasteiger partial charge in [0.2, 0.25) is 0 Å². The molecule has 1 atom stereocenters. The molecule has 58 valence electrons. The molecule has 0 aliphatic heterocycles. The van der Waals surface area contributed by atoms with Gasteiger partial charge in [0.25, 0.3) is 5.56 Å². The molecule has 0 saturated heterocycles. The molecule has 0 aliphatic carbocycles. The monoisotopic (exact) mass is 169 g/mol. The van der Waals surface area contributed by atoms with Gasteiger partial charge in [-0.15, -0.1) is 12.3 Å². The molecule has 1 heterocycles. The van der Waals surface area contributed by atoms with Gasteiger partial charge in [-0.3, -0.25) is 9.17 Å². The Morgan fingerprint density at radius 3 is 3.09 bits per heavy atom. The second-order valence-corrected chi connectivity index (χ2v) is 2.58. The minimum Gasteiger partial charge on any atom is -0.322 e. The van der Waals surface area contributed by atoms with E-state index in [9.17, 15) is 4.79 Å². The van der Waals surface area contributed by atoms with Crippen molar-refractivity contribution in [3.05, 3.63) is 16.0 Å². The molecule has 1 aromatic rings. The van der Waals surface area contributed by atoms with Crippen LogP contribution in [0.5, 0.6) is 0 Å². The summed E-state index contributed by atoms with van der Waals surface area (Å²) in [6.45, 7) is 0. The normalized spacial score (nSPS) is 12.4. The lowest BCUT2D eigenvalue weighted by molar-refractivity contribution is 0.727. The van der Waals surface area contributed by atoms with Gasteiger partial charge >= 0.3 is 0 Å². The van der Waals surface area contributed by atoms with Crippen LogP contribution in [0, 0.1) is 12.3 Å². The Kier molecular flexibility index (Phi) is 2.41. The minimum absolute atomic E-state index is 0.238. The van der Waals surface area contributed by atoms with Gasteiger partial charge in [0.05, 0.1) is 6.04 Å². The number of hydrogen-bond donors (Lipinski definition) is 2.